The third-order valence-corrected chi connectivity index (χ3v) is 4.51. The van der Waals surface area contributed by atoms with Crippen molar-refractivity contribution in [3.8, 4) is 5.75 Å². The van der Waals surface area contributed by atoms with Crippen LogP contribution in [0.15, 0.2) is 16.6 Å². The summed E-state index contributed by atoms with van der Waals surface area (Å²) in [6.07, 6.45) is 1.77. The van der Waals surface area contributed by atoms with E-state index in [4.69, 9.17) is 4.74 Å². The average Bonchev–Trinajstić information content (AvgIpc) is 2.38. The lowest BCUT2D eigenvalue weighted by Crippen LogP contribution is -2.62. The Morgan fingerprint density at radius 1 is 1.40 bits per heavy atom. The fraction of sp³-hybridized carbons (Fsp3) is 0.600. The molecule has 2 atom stereocenters. The van der Waals surface area contributed by atoms with Crippen molar-refractivity contribution in [3.05, 3.63) is 28.2 Å². The first-order valence-electron chi connectivity index (χ1n) is 6.90. The van der Waals surface area contributed by atoms with Gasteiger partial charge in [-0.15, -0.1) is 0 Å². The molecular weight excluding hydrogens is 328 g/mol. The van der Waals surface area contributed by atoms with Crippen LogP contribution in [0.25, 0.3) is 0 Å². The Morgan fingerprint density at radius 3 is 2.70 bits per heavy atom. The maximum absolute atomic E-state index is 13.7. The molecular formula is C15H20BrF2NO. The van der Waals surface area contributed by atoms with Crippen LogP contribution in [0.5, 0.6) is 5.75 Å². The molecule has 1 N–H and O–H groups in total. The van der Waals surface area contributed by atoms with Gasteiger partial charge in [0.25, 0.3) is 0 Å². The summed E-state index contributed by atoms with van der Waals surface area (Å²) in [4.78, 5) is 0. The summed E-state index contributed by atoms with van der Waals surface area (Å²) < 4.78 is 33.2. The normalized spacial score (nSPS) is 24.3. The predicted octanol–water partition coefficient (Wildman–Crippen LogP) is 4.27. The summed E-state index contributed by atoms with van der Waals surface area (Å²) in [5.41, 5.74) is -0.0968. The van der Waals surface area contributed by atoms with Crippen molar-refractivity contribution < 1.29 is 13.5 Å². The minimum Gasteiger partial charge on any atom is -0.487 e. The zero-order valence-electron chi connectivity index (χ0n) is 12.0. The first kappa shape index (κ1) is 15.7. The SMILES string of the molecule is CCCNC1CC(Oc2cc(Br)cc(F)c2F)C1(C)C. The maximum Gasteiger partial charge on any atom is 0.200 e. The van der Waals surface area contributed by atoms with E-state index in [2.05, 4.69) is 42.0 Å². The summed E-state index contributed by atoms with van der Waals surface area (Å²) in [6, 6.07) is 2.92. The molecule has 0 radical (unpaired) electrons. The second kappa shape index (κ2) is 5.98. The number of ether oxygens (including phenoxy) is 1. The van der Waals surface area contributed by atoms with Crippen LogP contribution in [0.2, 0.25) is 0 Å². The molecule has 1 aromatic carbocycles. The number of rotatable bonds is 5. The van der Waals surface area contributed by atoms with Gasteiger partial charge in [-0.3, -0.25) is 0 Å². The molecule has 0 saturated heterocycles. The lowest BCUT2D eigenvalue weighted by molar-refractivity contribution is -0.0565. The monoisotopic (exact) mass is 347 g/mol. The molecule has 1 aliphatic rings. The largest absolute Gasteiger partial charge is 0.487 e. The van der Waals surface area contributed by atoms with E-state index in [0.717, 1.165) is 25.5 Å². The first-order chi connectivity index (χ1) is 9.36. The number of benzene rings is 1. The highest BCUT2D eigenvalue weighted by atomic mass is 79.9. The molecule has 0 aromatic heterocycles. The van der Waals surface area contributed by atoms with Crippen molar-refractivity contribution in [2.75, 3.05) is 6.54 Å². The lowest BCUT2D eigenvalue weighted by Gasteiger charge is -2.51. The summed E-state index contributed by atoms with van der Waals surface area (Å²) in [5.74, 6) is -1.84. The third-order valence-electron chi connectivity index (χ3n) is 4.05. The van der Waals surface area contributed by atoms with Gasteiger partial charge in [-0.05, 0) is 25.1 Å². The molecule has 0 amide bonds. The van der Waals surface area contributed by atoms with E-state index in [9.17, 15) is 8.78 Å². The molecule has 2 unspecified atom stereocenters. The van der Waals surface area contributed by atoms with Crippen LogP contribution in [0, 0.1) is 17.0 Å². The number of hydrogen-bond acceptors (Lipinski definition) is 2. The summed E-state index contributed by atoms with van der Waals surface area (Å²) in [7, 11) is 0. The van der Waals surface area contributed by atoms with Crippen molar-refractivity contribution >= 4 is 15.9 Å². The second-order valence-corrected chi connectivity index (χ2v) is 6.79. The highest BCUT2D eigenvalue weighted by Crippen LogP contribution is 2.43. The average molecular weight is 348 g/mol. The fourth-order valence-electron chi connectivity index (χ4n) is 2.52. The van der Waals surface area contributed by atoms with Gasteiger partial charge in [-0.2, -0.15) is 4.39 Å². The van der Waals surface area contributed by atoms with Crippen LogP contribution >= 0.6 is 15.9 Å². The highest BCUT2D eigenvalue weighted by molar-refractivity contribution is 9.10. The Labute approximate surface area is 127 Å². The van der Waals surface area contributed by atoms with Crippen molar-refractivity contribution in [3.63, 3.8) is 0 Å². The maximum atomic E-state index is 13.7. The highest BCUT2D eigenvalue weighted by Gasteiger charge is 2.49. The van der Waals surface area contributed by atoms with E-state index in [-0.39, 0.29) is 17.3 Å². The molecule has 0 heterocycles. The summed E-state index contributed by atoms with van der Waals surface area (Å²) >= 11 is 3.15. The molecule has 1 aromatic rings. The van der Waals surface area contributed by atoms with Crippen LogP contribution in [-0.4, -0.2) is 18.7 Å². The van der Waals surface area contributed by atoms with Gasteiger partial charge in [-0.25, -0.2) is 4.39 Å². The Balaban J connectivity index is 2.06. The van der Waals surface area contributed by atoms with Crippen molar-refractivity contribution in [1.82, 2.24) is 5.32 Å². The van der Waals surface area contributed by atoms with Crippen LogP contribution in [0.1, 0.15) is 33.6 Å². The molecule has 0 aliphatic heterocycles. The number of hydrogen-bond donors (Lipinski definition) is 1. The van der Waals surface area contributed by atoms with Gasteiger partial charge < -0.3 is 10.1 Å². The quantitative estimate of drug-likeness (QED) is 0.803. The Bertz CT molecular complexity index is 493. The van der Waals surface area contributed by atoms with Gasteiger partial charge in [0.15, 0.2) is 11.6 Å². The van der Waals surface area contributed by atoms with Gasteiger partial charge in [-0.1, -0.05) is 36.7 Å². The van der Waals surface area contributed by atoms with Gasteiger partial charge >= 0.3 is 0 Å². The zero-order valence-corrected chi connectivity index (χ0v) is 13.6. The molecule has 2 nitrogen and oxygen atoms in total. The molecule has 1 fully saturated rings. The smallest absolute Gasteiger partial charge is 0.200 e. The molecule has 20 heavy (non-hydrogen) atoms. The van der Waals surface area contributed by atoms with E-state index >= 15 is 0 Å². The Hall–Kier alpha value is -0.680. The minimum atomic E-state index is -0.922. The Kier molecular flexibility index (Phi) is 4.69. The zero-order chi connectivity index (χ0) is 14.9. The van der Waals surface area contributed by atoms with E-state index in [0.29, 0.717) is 10.5 Å². The Morgan fingerprint density at radius 2 is 2.10 bits per heavy atom. The molecule has 1 aliphatic carbocycles. The van der Waals surface area contributed by atoms with Crippen LogP contribution in [0.4, 0.5) is 8.78 Å². The van der Waals surface area contributed by atoms with Gasteiger partial charge in [0, 0.05) is 22.4 Å². The van der Waals surface area contributed by atoms with E-state index in [1.54, 1.807) is 0 Å². The van der Waals surface area contributed by atoms with Crippen molar-refractivity contribution in [2.45, 2.75) is 45.8 Å². The molecule has 5 heteroatoms. The molecule has 2 rings (SSSR count). The van der Waals surface area contributed by atoms with Gasteiger partial charge in [0.2, 0.25) is 5.82 Å². The second-order valence-electron chi connectivity index (χ2n) is 5.87. The van der Waals surface area contributed by atoms with Crippen LogP contribution in [-0.2, 0) is 0 Å². The fourth-order valence-corrected chi connectivity index (χ4v) is 2.93. The summed E-state index contributed by atoms with van der Waals surface area (Å²) in [6.45, 7) is 7.24. The van der Waals surface area contributed by atoms with E-state index in [1.165, 1.54) is 6.07 Å². The predicted molar refractivity (Wildman–Crippen MR) is 79.0 cm³/mol. The van der Waals surface area contributed by atoms with E-state index < -0.39 is 11.6 Å². The van der Waals surface area contributed by atoms with E-state index in [1.807, 2.05) is 0 Å². The topological polar surface area (TPSA) is 21.3 Å². The molecule has 0 spiro atoms. The standard InChI is InChI=1S/C15H20BrF2NO/c1-4-5-19-12-8-13(15(12,2)3)20-11-7-9(16)6-10(17)14(11)18/h6-7,12-13,19H,4-5,8H2,1-3H3. The molecule has 0 bridgehead atoms. The van der Waals surface area contributed by atoms with Gasteiger partial charge in [0.05, 0.1) is 0 Å². The lowest BCUT2D eigenvalue weighted by atomic mass is 9.64. The first-order valence-corrected chi connectivity index (χ1v) is 7.70. The van der Waals surface area contributed by atoms with Crippen LogP contribution in [0.3, 0.4) is 0 Å². The number of halogens is 3. The molecule has 112 valence electrons. The van der Waals surface area contributed by atoms with Crippen LogP contribution < -0.4 is 10.1 Å². The summed E-state index contributed by atoms with van der Waals surface area (Å²) in [5, 5.41) is 3.46. The molecule has 1 saturated carbocycles. The van der Waals surface area contributed by atoms with Crippen molar-refractivity contribution in [2.24, 2.45) is 5.41 Å². The number of nitrogens with one attached hydrogen (secondary N) is 1. The minimum absolute atomic E-state index is 0.0242. The van der Waals surface area contributed by atoms with Crippen molar-refractivity contribution in [1.29, 1.82) is 0 Å². The van der Waals surface area contributed by atoms with Gasteiger partial charge in [0.1, 0.15) is 6.10 Å². The third kappa shape index (κ3) is 2.98.